The first-order chi connectivity index (χ1) is 13.7. The Kier molecular flexibility index (Phi) is 6.01. The molecule has 0 saturated carbocycles. The maximum absolute atomic E-state index is 13.1. The average Bonchev–Trinajstić information content (AvgIpc) is 3.11. The number of benzene rings is 1. The van der Waals surface area contributed by atoms with Crippen molar-refractivity contribution >= 4 is 17.7 Å². The van der Waals surface area contributed by atoms with Gasteiger partial charge in [-0.1, -0.05) is 12.1 Å². The highest BCUT2D eigenvalue weighted by Gasteiger charge is 2.31. The van der Waals surface area contributed by atoms with E-state index in [1.807, 2.05) is 33.5 Å². The second-order valence-electron chi connectivity index (χ2n) is 7.44. The number of aromatic nitrogens is 2. The van der Waals surface area contributed by atoms with Crippen LogP contribution in [0.4, 0.5) is 4.39 Å². The monoisotopic (exact) mass is 402 g/mol. The standard InChI is InChI=1S/C21H27FN4OS/c1-2-26-19-8-7-17(23-14-15-3-5-16(22)6-4-15)13-18(19)20(24-26)21(27)25-9-11-28-12-10-25/h3-6,17,23H,2,7-14H2,1H3/t17-/m1/s1. The summed E-state index contributed by atoms with van der Waals surface area (Å²) in [7, 11) is 0. The molecule has 7 heteroatoms. The number of halogens is 1. The molecule has 1 atom stereocenters. The molecule has 0 unspecified atom stereocenters. The summed E-state index contributed by atoms with van der Waals surface area (Å²) in [5, 5.41) is 8.28. The fraction of sp³-hybridized carbons (Fsp3) is 0.524. The Morgan fingerprint density at radius 2 is 2.04 bits per heavy atom. The molecule has 1 aromatic carbocycles. The third-order valence-corrected chi connectivity index (χ3v) is 6.60. The molecule has 2 aliphatic rings. The van der Waals surface area contributed by atoms with Crippen molar-refractivity contribution in [3.05, 3.63) is 52.6 Å². The number of hydrogen-bond donors (Lipinski definition) is 1. The third-order valence-electron chi connectivity index (χ3n) is 5.66. The van der Waals surface area contributed by atoms with Gasteiger partial charge >= 0.3 is 0 Å². The van der Waals surface area contributed by atoms with E-state index >= 15 is 0 Å². The summed E-state index contributed by atoms with van der Waals surface area (Å²) in [5.74, 6) is 1.88. The van der Waals surface area contributed by atoms with Gasteiger partial charge in [-0.2, -0.15) is 16.9 Å². The molecule has 1 N–H and O–H groups in total. The molecule has 1 aromatic heterocycles. The zero-order valence-corrected chi connectivity index (χ0v) is 17.1. The number of aryl methyl sites for hydroxylation is 1. The summed E-state index contributed by atoms with van der Waals surface area (Å²) in [6, 6.07) is 6.92. The summed E-state index contributed by atoms with van der Waals surface area (Å²) < 4.78 is 15.1. The van der Waals surface area contributed by atoms with E-state index in [0.717, 1.165) is 61.5 Å². The van der Waals surface area contributed by atoms with Crippen molar-refractivity contribution in [3.8, 4) is 0 Å². The lowest BCUT2D eigenvalue weighted by molar-refractivity contribution is 0.0764. The number of carbonyl (C=O) groups excluding carboxylic acids is 1. The molecule has 150 valence electrons. The minimum Gasteiger partial charge on any atom is -0.336 e. The number of rotatable bonds is 5. The van der Waals surface area contributed by atoms with Crippen LogP contribution in [0.5, 0.6) is 0 Å². The molecule has 5 nitrogen and oxygen atoms in total. The van der Waals surface area contributed by atoms with Crippen LogP contribution >= 0.6 is 11.8 Å². The Morgan fingerprint density at radius 3 is 2.75 bits per heavy atom. The van der Waals surface area contributed by atoms with Crippen LogP contribution < -0.4 is 5.32 Å². The van der Waals surface area contributed by atoms with Gasteiger partial charge in [0.05, 0.1) is 0 Å². The van der Waals surface area contributed by atoms with Crippen molar-refractivity contribution in [3.63, 3.8) is 0 Å². The lowest BCUT2D eigenvalue weighted by atomic mass is 9.91. The molecule has 1 amide bonds. The molecule has 0 radical (unpaired) electrons. The Hall–Kier alpha value is -1.86. The highest BCUT2D eigenvalue weighted by Crippen LogP contribution is 2.27. The van der Waals surface area contributed by atoms with Gasteiger partial charge in [0, 0.05) is 55.0 Å². The number of fused-ring (bicyclic) bond motifs is 1. The smallest absolute Gasteiger partial charge is 0.274 e. The van der Waals surface area contributed by atoms with Crippen LogP contribution in [-0.2, 0) is 25.9 Å². The van der Waals surface area contributed by atoms with Crippen LogP contribution in [0.15, 0.2) is 24.3 Å². The van der Waals surface area contributed by atoms with E-state index in [9.17, 15) is 9.18 Å². The fourth-order valence-electron chi connectivity index (χ4n) is 4.08. The summed E-state index contributed by atoms with van der Waals surface area (Å²) >= 11 is 1.90. The molecule has 1 aliphatic heterocycles. The van der Waals surface area contributed by atoms with E-state index < -0.39 is 0 Å². The van der Waals surface area contributed by atoms with Gasteiger partial charge in [0.1, 0.15) is 5.82 Å². The topological polar surface area (TPSA) is 50.2 Å². The molecule has 2 aromatic rings. The lowest BCUT2D eigenvalue weighted by Crippen LogP contribution is -2.39. The lowest BCUT2D eigenvalue weighted by Gasteiger charge is -2.27. The Morgan fingerprint density at radius 1 is 1.29 bits per heavy atom. The molecule has 4 rings (SSSR count). The van der Waals surface area contributed by atoms with Crippen molar-refractivity contribution in [2.75, 3.05) is 24.6 Å². The molecular formula is C21H27FN4OS. The van der Waals surface area contributed by atoms with Gasteiger partial charge in [-0.15, -0.1) is 0 Å². The molecule has 1 fully saturated rings. The van der Waals surface area contributed by atoms with Gasteiger partial charge in [0.2, 0.25) is 0 Å². The molecule has 28 heavy (non-hydrogen) atoms. The van der Waals surface area contributed by atoms with E-state index in [0.29, 0.717) is 18.3 Å². The molecule has 1 aliphatic carbocycles. The van der Waals surface area contributed by atoms with E-state index in [1.54, 1.807) is 0 Å². The molecule has 2 heterocycles. The van der Waals surface area contributed by atoms with Gasteiger partial charge < -0.3 is 10.2 Å². The van der Waals surface area contributed by atoms with Crippen molar-refractivity contribution < 1.29 is 9.18 Å². The maximum atomic E-state index is 13.1. The Labute approximate surface area is 169 Å². The normalized spacial score (nSPS) is 19.5. The van der Waals surface area contributed by atoms with Gasteiger partial charge in [0.15, 0.2) is 5.69 Å². The first-order valence-electron chi connectivity index (χ1n) is 10.1. The number of thioether (sulfide) groups is 1. The van der Waals surface area contributed by atoms with Gasteiger partial charge in [-0.3, -0.25) is 9.48 Å². The van der Waals surface area contributed by atoms with Crippen LogP contribution in [0.25, 0.3) is 0 Å². The highest BCUT2D eigenvalue weighted by molar-refractivity contribution is 7.99. The number of nitrogens with zero attached hydrogens (tertiary/aromatic N) is 3. The molecule has 0 bridgehead atoms. The van der Waals surface area contributed by atoms with Crippen molar-refractivity contribution in [2.45, 2.75) is 45.3 Å². The van der Waals surface area contributed by atoms with E-state index in [-0.39, 0.29) is 11.7 Å². The van der Waals surface area contributed by atoms with Gasteiger partial charge in [-0.05, 0) is 43.9 Å². The number of amides is 1. The minimum atomic E-state index is -0.211. The highest BCUT2D eigenvalue weighted by atomic mass is 32.2. The fourth-order valence-corrected chi connectivity index (χ4v) is 4.98. The average molecular weight is 403 g/mol. The number of carbonyl (C=O) groups is 1. The minimum absolute atomic E-state index is 0.0861. The molecular weight excluding hydrogens is 375 g/mol. The van der Waals surface area contributed by atoms with Crippen molar-refractivity contribution in [2.24, 2.45) is 0 Å². The quantitative estimate of drug-likeness (QED) is 0.836. The first-order valence-corrected chi connectivity index (χ1v) is 11.2. The summed E-state index contributed by atoms with van der Waals surface area (Å²) in [5.41, 5.74) is 4.06. The van der Waals surface area contributed by atoms with Crippen molar-refractivity contribution in [1.82, 2.24) is 20.0 Å². The second-order valence-corrected chi connectivity index (χ2v) is 8.67. The zero-order chi connectivity index (χ0) is 19.5. The molecule has 0 spiro atoms. The second kappa shape index (κ2) is 8.66. The van der Waals surface area contributed by atoms with Crippen LogP contribution in [0, 0.1) is 5.82 Å². The van der Waals surface area contributed by atoms with Crippen LogP contribution in [0.2, 0.25) is 0 Å². The molecule has 1 saturated heterocycles. The van der Waals surface area contributed by atoms with Crippen LogP contribution in [0.3, 0.4) is 0 Å². The van der Waals surface area contributed by atoms with E-state index in [1.165, 1.54) is 17.8 Å². The summed E-state index contributed by atoms with van der Waals surface area (Å²) in [6.07, 6.45) is 2.77. The summed E-state index contributed by atoms with van der Waals surface area (Å²) in [4.78, 5) is 15.1. The van der Waals surface area contributed by atoms with Crippen molar-refractivity contribution in [1.29, 1.82) is 0 Å². The predicted octanol–water partition coefficient (Wildman–Crippen LogP) is 2.88. The Balaban J connectivity index is 1.49. The van der Waals surface area contributed by atoms with Gasteiger partial charge in [-0.25, -0.2) is 4.39 Å². The number of hydrogen-bond acceptors (Lipinski definition) is 4. The van der Waals surface area contributed by atoms with Gasteiger partial charge in [0.25, 0.3) is 5.91 Å². The maximum Gasteiger partial charge on any atom is 0.274 e. The van der Waals surface area contributed by atoms with E-state index in [4.69, 9.17) is 5.10 Å². The first kappa shape index (κ1) is 19.5. The SMILES string of the molecule is CCn1nc(C(=O)N2CCSCC2)c2c1CC[C@@H](NCc1ccc(F)cc1)C2. The third kappa shape index (κ3) is 4.10. The number of nitrogens with one attached hydrogen (secondary N) is 1. The zero-order valence-electron chi connectivity index (χ0n) is 16.3. The predicted molar refractivity (Wildman–Crippen MR) is 110 cm³/mol. The Bertz CT molecular complexity index is 830. The van der Waals surface area contributed by atoms with E-state index in [2.05, 4.69) is 12.2 Å². The van der Waals surface area contributed by atoms with Crippen LogP contribution in [-0.4, -0.2) is 51.2 Å². The largest absolute Gasteiger partial charge is 0.336 e. The summed E-state index contributed by atoms with van der Waals surface area (Å²) in [6.45, 7) is 5.19. The van der Waals surface area contributed by atoms with Crippen LogP contribution in [0.1, 0.15) is 40.7 Å².